The zero-order valence-electron chi connectivity index (χ0n) is 10.2. The number of hydrogen-bond donors (Lipinski definition) is 2. The van der Waals surface area contributed by atoms with E-state index in [1.807, 2.05) is 4.72 Å². The molecule has 0 aliphatic rings. The minimum Gasteiger partial charge on any atom is -0.480 e. The van der Waals surface area contributed by atoms with Crippen LogP contribution in [0.3, 0.4) is 0 Å². The Labute approximate surface area is 113 Å². The number of nitrogens with zero attached hydrogens (tertiary/aromatic N) is 1. The highest BCUT2D eigenvalue weighted by Gasteiger charge is 2.27. The number of nitro benzene ring substituents is 1. The van der Waals surface area contributed by atoms with E-state index in [1.54, 1.807) is 0 Å². The van der Waals surface area contributed by atoms with Gasteiger partial charge in [0.1, 0.15) is 16.8 Å². The number of nitro groups is 1. The normalized spacial score (nSPS) is 12.9. The summed E-state index contributed by atoms with van der Waals surface area (Å²) in [6.07, 6.45) is -0.0385. The van der Waals surface area contributed by atoms with Gasteiger partial charge in [0.15, 0.2) is 0 Å². The average molecular weight is 306 g/mol. The van der Waals surface area contributed by atoms with Crippen molar-refractivity contribution in [1.29, 1.82) is 0 Å². The van der Waals surface area contributed by atoms with Crippen molar-refractivity contribution in [2.24, 2.45) is 0 Å². The van der Waals surface area contributed by atoms with Crippen LogP contribution in [-0.2, 0) is 14.8 Å². The third-order valence-electron chi connectivity index (χ3n) is 2.42. The molecule has 1 rings (SSSR count). The lowest BCUT2D eigenvalue weighted by Gasteiger charge is -2.13. The first-order valence-corrected chi connectivity index (χ1v) is 6.86. The second-order valence-electron chi connectivity index (χ2n) is 3.79. The molecule has 1 atom stereocenters. The predicted molar refractivity (Wildman–Crippen MR) is 65.1 cm³/mol. The zero-order chi connectivity index (χ0) is 15.5. The Morgan fingerprint density at radius 2 is 2.15 bits per heavy atom. The van der Waals surface area contributed by atoms with E-state index in [2.05, 4.69) is 0 Å². The molecule has 0 heterocycles. The van der Waals surface area contributed by atoms with Gasteiger partial charge in [-0.15, -0.1) is 0 Å². The second kappa shape index (κ2) is 5.92. The highest BCUT2D eigenvalue weighted by atomic mass is 32.2. The Hall–Kier alpha value is -2.07. The first kappa shape index (κ1) is 16.0. The van der Waals surface area contributed by atoms with Crippen molar-refractivity contribution in [3.05, 3.63) is 34.1 Å². The van der Waals surface area contributed by atoms with Gasteiger partial charge >= 0.3 is 5.97 Å². The Kier molecular flexibility index (Phi) is 4.73. The van der Waals surface area contributed by atoms with Gasteiger partial charge in [-0.25, -0.2) is 12.8 Å². The van der Waals surface area contributed by atoms with Crippen molar-refractivity contribution >= 4 is 21.7 Å². The summed E-state index contributed by atoms with van der Waals surface area (Å²) in [6.45, 7) is 1.44. The molecule has 0 aromatic heterocycles. The number of nitrogens with one attached hydrogen (secondary N) is 1. The molecule has 0 spiro atoms. The SMILES string of the molecule is CC[C@H](NS(=O)(=O)c1ccc([N+](=O)[O-])cc1F)C(=O)O. The Balaban J connectivity index is 3.16. The summed E-state index contributed by atoms with van der Waals surface area (Å²) in [6, 6.07) is 0.578. The number of sulfonamides is 1. The highest BCUT2D eigenvalue weighted by Crippen LogP contribution is 2.20. The largest absolute Gasteiger partial charge is 0.480 e. The molecule has 0 aliphatic carbocycles. The third-order valence-corrected chi connectivity index (χ3v) is 3.92. The highest BCUT2D eigenvalue weighted by molar-refractivity contribution is 7.89. The molecular weight excluding hydrogens is 295 g/mol. The van der Waals surface area contributed by atoms with Crippen LogP contribution in [0.15, 0.2) is 23.1 Å². The van der Waals surface area contributed by atoms with Crippen LogP contribution in [0.2, 0.25) is 0 Å². The van der Waals surface area contributed by atoms with Crippen LogP contribution in [0.1, 0.15) is 13.3 Å². The molecule has 20 heavy (non-hydrogen) atoms. The fraction of sp³-hybridized carbons (Fsp3) is 0.300. The van der Waals surface area contributed by atoms with Gasteiger partial charge in [-0.05, 0) is 12.5 Å². The van der Waals surface area contributed by atoms with E-state index in [-0.39, 0.29) is 6.42 Å². The molecule has 0 saturated heterocycles. The van der Waals surface area contributed by atoms with E-state index >= 15 is 0 Å². The lowest BCUT2D eigenvalue weighted by Crippen LogP contribution is -2.40. The minimum atomic E-state index is -4.42. The predicted octanol–water partition coefficient (Wildman–Crippen LogP) is 0.875. The molecule has 0 saturated carbocycles. The van der Waals surface area contributed by atoms with Crippen molar-refractivity contribution in [2.45, 2.75) is 24.3 Å². The first-order valence-electron chi connectivity index (χ1n) is 5.38. The molecule has 0 amide bonds. The van der Waals surface area contributed by atoms with E-state index in [0.717, 1.165) is 6.07 Å². The molecule has 8 nitrogen and oxygen atoms in total. The number of carboxylic acids is 1. The van der Waals surface area contributed by atoms with E-state index in [4.69, 9.17) is 5.11 Å². The molecule has 1 aromatic carbocycles. The second-order valence-corrected chi connectivity index (χ2v) is 5.47. The maximum Gasteiger partial charge on any atom is 0.321 e. The van der Waals surface area contributed by atoms with Crippen LogP contribution in [0.4, 0.5) is 10.1 Å². The van der Waals surface area contributed by atoms with Gasteiger partial charge in [0.25, 0.3) is 5.69 Å². The zero-order valence-corrected chi connectivity index (χ0v) is 11.1. The molecule has 0 fully saturated rings. The average Bonchev–Trinajstić information content (AvgIpc) is 2.35. The molecule has 0 unspecified atom stereocenters. The molecule has 2 N–H and O–H groups in total. The fourth-order valence-electron chi connectivity index (χ4n) is 1.38. The molecule has 0 aliphatic heterocycles. The van der Waals surface area contributed by atoms with Gasteiger partial charge in [-0.2, -0.15) is 4.72 Å². The standard InChI is InChI=1S/C10H11FN2O6S/c1-2-8(10(14)15)12-20(18,19)9-4-3-6(13(16)17)5-7(9)11/h3-5,8,12H,2H2,1H3,(H,14,15)/t8-/m0/s1. The third kappa shape index (κ3) is 3.48. The van der Waals surface area contributed by atoms with Gasteiger partial charge in [0.05, 0.1) is 11.0 Å². The number of non-ortho nitro benzene ring substituents is 1. The van der Waals surface area contributed by atoms with Gasteiger partial charge < -0.3 is 5.11 Å². The topological polar surface area (TPSA) is 127 Å². The molecule has 10 heteroatoms. The summed E-state index contributed by atoms with van der Waals surface area (Å²) in [4.78, 5) is 19.5. The first-order chi connectivity index (χ1) is 9.19. The summed E-state index contributed by atoms with van der Waals surface area (Å²) in [5.41, 5.74) is -0.605. The van der Waals surface area contributed by atoms with Crippen LogP contribution in [-0.4, -0.2) is 30.5 Å². The summed E-state index contributed by atoms with van der Waals surface area (Å²) in [5, 5.41) is 19.2. The lowest BCUT2D eigenvalue weighted by molar-refractivity contribution is -0.385. The minimum absolute atomic E-state index is 0.0385. The van der Waals surface area contributed by atoms with E-state index in [0.29, 0.717) is 12.1 Å². The number of halogens is 1. The van der Waals surface area contributed by atoms with E-state index in [1.165, 1.54) is 6.92 Å². The van der Waals surface area contributed by atoms with Gasteiger partial charge in [-0.3, -0.25) is 14.9 Å². The number of hydrogen-bond acceptors (Lipinski definition) is 5. The van der Waals surface area contributed by atoms with Crippen LogP contribution in [0.5, 0.6) is 0 Å². The van der Waals surface area contributed by atoms with E-state index in [9.17, 15) is 27.7 Å². The van der Waals surface area contributed by atoms with Crippen molar-refractivity contribution in [1.82, 2.24) is 4.72 Å². The quantitative estimate of drug-likeness (QED) is 0.593. The molecule has 110 valence electrons. The maximum atomic E-state index is 13.6. The maximum absolute atomic E-state index is 13.6. The smallest absolute Gasteiger partial charge is 0.321 e. The van der Waals surface area contributed by atoms with Crippen molar-refractivity contribution in [3.8, 4) is 0 Å². The summed E-state index contributed by atoms with van der Waals surface area (Å²) in [5.74, 6) is -2.73. The van der Waals surface area contributed by atoms with Crippen LogP contribution in [0.25, 0.3) is 0 Å². The molecule has 0 bridgehead atoms. The van der Waals surface area contributed by atoms with Crippen LogP contribution < -0.4 is 4.72 Å². The number of aliphatic carboxylic acids is 1. The molecule has 0 radical (unpaired) electrons. The monoisotopic (exact) mass is 306 g/mol. The summed E-state index contributed by atoms with van der Waals surface area (Å²) in [7, 11) is -4.42. The number of carbonyl (C=O) groups is 1. The summed E-state index contributed by atoms with van der Waals surface area (Å²) < 4.78 is 39.0. The number of rotatable bonds is 6. The Bertz CT molecular complexity index is 645. The lowest BCUT2D eigenvalue weighted by atomic mass is 10.2. The van der Waals surface area contributed by atoms with Gasteiger partial charge in [0.2, 0.25) is 10.0 Å². The summed E-state index contributed by atoms with van der Waals surface area (Å²) >= 11 is 0. The molecule has 1 aromatic rings. The molecular formula is C10H11FN2O6S. The van der Waals surface area contributed by atoms with Crippen LogP contribution >= 0.6 is 0 Å². The van der Waals surface area contributed by atoms with Gasteiger partial charge in [0, 0.05) is 6.07 Å². The van der Waals surface area contributed by atoms with E-state index < -0.39 is 43.4 Å². The van der Waals surface area contributed by atoms with Crippen molar-refractivity contribution < 1.29 is 27.6 Å². The Morgan fingerprint density at radius 3 is 2.55 bits per heavy atom. The van der Waals surface area contributed by atoms with Crippen molar-refractivity contribution in [3.63, 3.8) is 0 Å². The van der Waals surface area contributed by atoms with Gasteiger partial charge in [-0.1, -0.05) is 6.92 Å². The number of benzene rings is 1. The number of carboxylic acid groups (broad SMARTS) is 1. The van der Waals surface area contributed by atoms with Crippen LogP contribution in [0, 0.1) is 15.9 Å². The van der Waals surface area contributed by atoms with Crippen molar-refractivity contribution in [2.75, 3.05) is 0 Å². The fourth-order valence-corrected chi connectivity index (χ4v) is 2.71. The Morgan fingerprint density at radius 1 is 1.55 bits per heavy atom.